The first-order chi connectivity index (χ1) is 13.5. The first kappa shape index (κ1) is 18.6. The third kappa shape index (κ3) is 3.29. The van der Waals surface area contributed by atoms with Gasteiger partial charge >= 0.3 is 0 Å². The molecular weight excluding hydrogens is 364 g/mol. The number of benzene rings is 1. The van der Waals surface area contributed by atoms with Gasteiger partial charge in [0, 0.05) is 39.7 Å². The highest BCUT2D eigenvalue weighted by molar-refractivity contribution is 7.12. The molecule has 0 aliphatic carbocycles. The zero-order chi connectivity index (χ0) is 19.8. The molecule has 1 aliphatic rings. The van der Waals surface area contributed by atoms with E-state index in [0.29, 0.717) is 13.1 Å². The topological polar surface area (TPSA) is 33.2 Å². The Kier molecular flexibility index (Phi) is 4.90. The molecule has 3 aromatic rings. The number of amides is 1. The van der Waals surface area contributed by atoms with E-state index in [0.717, 1.165) is 11.3 Å². The summed E-state index contributed by atoms with van der Waals surface area (Å²) >= 11 is 1.79. The molecule has 0 unspecified atom stereocenters. The fourth-order valence-corrected chi connectivity index (χ4v) is 5.09. The van der Waals surface area contributed by atoms with Crippen LogP contribution in [-0.4, -0.2) is 22.3 Å². The Morgan fingerprint density at radius 3 is 2.75 bits per heavy atom. The summed E-state index contributed by atoms with van der Waals surface area (Å²) in [5.74, 6) is 0.141. The van der Waals surface area contributed by atoms with Crippen molar-refractivity contribution in [3.8, 4) is 11.1 Å². The van der Waals surface area contributed by atoms with E-state index < -0.39 is 0 Å². The van der Waals surface area contributed by atoms with Crippen LogP contribution in [0.25, 0.3) is 11.1 Å². The second-order valence-electron chi connectivity index (χ2n) is 7.42. The van der Waals surface area contributed by atoms with E-state index >= 15 is 0 Å². The Labute approximate surface area is 170 Å². The van der Waals surface area contributed by atoms with Crippen molar-refractivity contribution >= 4 is 17.2 Å². The highest BCUT2D eigenvalue weighted by Crippen LogP contribution is 2.41. The normalized spacial score (nSPS) is 16.0. The predicted octanol–water partition coefficient (Wildman–Crippen LogP) is 5.40. The van der Waals surface area contributed by atoms with Crippen LogP contribution < -0.4 is 0 Å². The van der Waals surface area contributed by atoms with E-state index in [1.807, 2.05) is 18.0 Å². The number of carbonyl (C=O) groups is 1. The van der Waals surface area contributed by atoms with Crippen LogP contribution in [0.2, 0.25) is 0 Å². The minimum atomic E-state index is -0.00738. The van der Waals surface area contributed by atoms with Gasteiger partial charge in [-0.25, -0.2) is 0 Å². The van der Waals surface area contributed by atoms with Crippen LogP contribution in [0.4, 0.5) is 0 Å². The molecule has 0 N–H and O–H groups in total. The van der Waals surface area contributed by atoms with Gasteiger partial charge in [0.2, 0.25) is 5.91 Å². The fraction of sp³-hybridized carbons (Fsp3) is 0.250. The summed E-state index contributed by atoms with van der Waals surface area (Å²) < 4.78 is 0. The summed E-state index contributed by atoms with van der Waals surface area (Å²) in [4.78, 5) is 21.4. The van der Waals surface area contributed by atoms with Crippen LogP contribution in [0.15, 0.2) is 55.3 Å². The smallest absolute Gasteiger partial charge is 0.246 e. The number of thiophene rings is 1. The van der Waals surface area contributed by atoms with E-state index in [2.05, 4.69) is 61.8 Å². The van der Waals surface area contributed by atoms with Gasteiger partial charge in [-0.1, -0.05) is 30.8 Å². The molecule has 0 fully saturated rings. The van der Waals surface area contributed by atoms with Gasteiger partial charge in [-0.15, -0.1) is 11.3 Å². The van der Waals surface area contributed by atoms with Crippen LogP contribution in [0.3, 0.4) is 0 Å². The van der Waals surface area contributed by atoms with Crippen molar-refractivity contribution < 1.29 is 4.79 Å². The van der Waals surface area contributed by atoms with Crippen molar-refractivity contribution in [3.63, 3.8) is 0 Å². The molecule has 1 amide bonds. The monoisotopic (exact) mass is 388 g/mol. The zero-order valence-electron chi connectivity index (χ0n) is 16.5. The van der Waals surface area contributed by atoms with E-state index in [9.17, 15) is 4.79 Å². The maximum Gasteiger partial charge on any atom is 0.246 e. The van der Waals surface area contributed by atoms with E-state index in [1.54, 1.807) is 11.3 Å². The van der Waals surface area contributed by atoms with Crippen molar-refractivity contribution in [1.82, 2.24) is 9.88 Å². The summed E-state index contributed by atoms with van der Waals surface area (Å²) in [6, 6.07) is 13.0. The minimum Gasteiger partial charge on any atom is -0.333 e. The lowest BCUT2D eigenvalue weighted by atomic mass is 9.83. The van der Waals surface area contributed by atoms with Gasteiger partial charge in [0.25, 0.3) is 0 Å². The van der Waals surface area contributed by atoms with Gasteiger partial charge in [0.05, 0.1) is 6.54 Å². The zero-order valence-corrected chi connectivity index (χ0v) is 17.3. The van der Waals surface area contributed by atoms with Crippen LogP contribution in [0, 0.1) is 20.8 Å². The molecule has 4 heteroatoms. The first-order valence-corrected chi connectivity index (χ1v) is 10.3. The van der Waals surface area contributed by atoms with Crippen molar-refractivity contribution in [3.05, 3.63) is 87.4 Å². The molecule has 0 radical (unpaired) electrons. The van der Waals surface area contributed by atoms with E-state index in [1.165, 1.54) is 38.1 Å². The van der Waals surface area contributed by atoms with Gasteiger partial charge in [-0.3, -0.25) is 9.78 Å². The summed E-state index contributed by atoms with van der Waals surface area (Å²) in [5, 5.41) is 0. The first-order valence-electron chi connectivity index (χ1n) is 9.51. The minimum absolute atomic E-state index is 0.00738. The van der Waals surface area contributed by atoms with Gasteiger partial charge in [0.15, 0.2) is 0 Å². The van der Waals surface area contributed by atoms with Crippen molar-refractivity contribution in [2.45, 2.75) is 33.2 Å². The van der Waals surface area contributed by atoms with Crippen LogP contribution in [0.5, 0.6) is 0 Å². The molecular formula is C24H24N2OS. The Morgan fingerprint density at radius 2 is 2.00 bits per heavy atom. The molecule has 1 aliphatic heterocycles. The van der Waals surface area contributed by atoms with Gasteiger partial charge < -0.3 is 4.90 Å². The molecule has 1 atom stereocenters. The highest BCUT2D eigenvalue weighted by atomic mass is 32.1. The number of pyridine rings is 1. The number of hydrogen-bond acceptors (Lipinski definition) is 3. The molecule has 2 aromatic heterocycles. The van der Waals surface area contributed by atoms with Gasteiger partial charge in [-0.05, 0) is 61.2 Å². The quantitative estimate of drug-likeness (QED) is 0.563. The van der Waals surface area contributed by atoms with Crippen molar-refractivity contribution in [2.75, 3.05) is 6.54 Å². The standard InChI is InChI=1S/C24H24N2OS/c1-5-24(27)26-13-22(21-11-16(3)28-23(21)14-26)20-9-7-6-8-19(20)18-10-15(2)17(4)25-12-18/h5-12,22H,1,13-14H2,2-4H3/t22-/m1/s1. The van der Waals surface area contributed by atoms with Crippen molar-refractivity contribution in [2.24, 2.45) is 0 Å². The summed E-state index contributed by atoms with van der Waals surface area (Å²) in [6.07, 6.45) is 3.37. The number of aromatic nitrogens is 1. The maximum atomic E-state index is 12.4. The number of aryl methyl sites for hydroxylation is 3. The third-order valence-corrected chi connectivity index (χ3v) is 6.60. The Bertz CT molecular complexity index is 1070. The third-order valence-electron chi connectivity index (χ3n) is 5.55. The van der Waals surface area contributed by atoms with Crippen LogP contribution in [0.1, 0.15) is 38.1 Å². The van der Waals surface area contributed by atoms with Gasteiger partial charge in [0.1, 0.15) is 0 Å². The Morgan fingerprint density at radius 1 is 1.21 bits per heavy atom. The molecule has 3 heterocycles. The molecule has 0 saturated carbocycles. The van der Waals surface area contributed by atoms with E-state index in [4.69, 9.17) is 0 Å². The molecule has 0 bridgehead atoms. The molecule has 28 heavy (non-hydrogen) atoms. The Balaban J connectivity index is 1.85. The second kappa shape index (κ2) is 7.36. The molecule has 4 rings (SSSR count). The molecule has 0 saturated heterocycles. The van der Waals surface area contributed by atoms with Crippen LogP contribution >= 0.6 is 11.3 Å². The lowest BCUT2D eigenvalue weighted by Crippen LogP contribution is -2.37. The molecule has 142 valence electrons. The summed E-state index contributed by atoms with van der Waals surface area (Å²) in [7, 11) is 0. The molecule has 0 spiro atoms. The number of fused-ring (bicyclic) bond motifs is 1. The number of nitrogens with zero attached hydrogens (tertiary/aromatic N) is 2. The second-order valence-corrected chi connectivity index (χ2v) is 8.77. The largest absolute Gasteiger partial charge is 0.333 e. The average molecular weight is 389 g/mol. The molecule has 3 nitrogen and oxygen atoms in total. The lowest BCUT2D eigenvalue weighted by Gasteiger charge is -2.33. The molecule has 1 aromatic carbocycles. The fourth-order valence-electron chi connectivity index (χ4n) is 3.97. The lowest BCUT2D eigenvalue weighted by molar-refractivity contribution is -0.127. The number of rotatable bonds is 3. The van der Waals surface area contributed by atoms with Crippen LogP contribution in [-0.2, 0) is 11.3 Å². The van der Waals surface area contributed by atoms with Crippen molar-refractivity contribution in [1.29, 1.82) is 0 Å². The summed E-state index contributed by atoms with van der Waals surface area (Å²) in [5.41, 5.74) is 7.14. The summed E-state index contributed by atoms with van der Waals surface area (Å²) in [6.45, 7) is 11.3. The van der Waals surface area contributed by atoms with Gasteiger partial charge in [-0.2, -0.15) is 0 Å². The number of carbonyl (C=O) groups excluding carboxylic acids is 1. The average Bonchev–Trinajstić information content (AvgIpc) is 3.08. The predicted molar refractivity (Wildman–Crippen MR) is 116 cm³/mol. The van der Waals surface area contributed by atoms with E-state index in [-0.39, 0.29) is 11.8 Å². The maximum absolute atomic E-state index is 12.4. The number of hydrogen-bond donors (Lipinski definition) is 0. The SMILES string of the molecule is C=CC(=O)N1Cc2sc(C)cc2[C@@H](c2ccccc2-c2cnc(C)c(C)c2)C1. The Hall–Kier alpha value is -2.72. The highest BCUT2D eigenvalue weighted by Gasteiger charge is 2.31.